The van der Waals surface area contributed by atoms with Gasteiger partial charge in [0.05, 0.1) is 39.0 Å². The number of amides is 2. The molecule has 0 unspecified atom stereocenters. The number of benzene rings is 2. The van der Waals surface area contributed by atoms with Gasteiger partial charge < -0.3 is 18.9 Å². The van der Waals surface area contributed by atoms with Crippen LogP contribution < -0.4 is 14.2 Å². The lowest BCUT2D eigenvalue weighted by molar-refractivity contribution is -0.137. The summed E-state index contributed by atoms with van der Waals surface area (Å²) in [6.45, 7) is -0.136. The van der Waals surface area contributed by atoms with Crippen LogP contribution in [0, 0.1) is 0 Å². The molecule has 0 fully saturated rings. The van der Waals surface area contributed by atoms with Crippen LogP contribution in [0.25, 0.3) is 6.08 Å². The van der Waals surface area contributed by atoms with E-state index < -0.39 is 17.8 Å². The van der Waals surface area contributed by atoms with Crippen molar-refractivity contribution in [2.45, 2.75) is 0 Å². The first-order valence-corrected chi connectivity index (χ1v) is 9.10. The van der Waals surface area contributed by atoms with Crippen LogP contribution in [-0.2, 0) is 9.53 Å². The van der Waals surface area contributed by atoms with Gasteiger partial charge in [-0.05, 0) is 24.3 Å². The summed E-state index contributed by atoms with van der Waals surface area (Å²) in [5.74, 6) is 0.0626. The number of carbonyl (C=O) groups excluding carboxylic acids is 3. The lowest BCUT2D eigenvalue weighted by Crippen LogP contribution is -2.33. The molecule has 0 aromatic heterocycles. The van der Waals surface area contributed by atoms with Gasteiger partial charge in [-0.15, -0.1) is 0 Å². The Balaban J connectivity index is 1.60. The molecule has 1 aliphatic heterocycles. The molecule has 0 saturated heterocycles. The maximum Gasteiger partial charge on any atom is 0.330 e. The molecule has 0 N–H and O–H groups in total. The molecule has 0 atom stereocenters. The van der Waals surface area contributed by atoms with Gasteiger partial charge in [-0.1, -0.05) is 12.1 Å². The lowest BCUT2D eigenvalue weighted by atomic mass is 10.1. The Morgan fingerprint density at radius 3 is 2.03 bits per heavy atom. The minimum absolute atomic E-state index is 0.0222. The molecule has 8 nitrogen and oxygen atoms in total. The minimum Gasteiger partial charge on any atom is -0.496 e. The highest BCUT2D eigenvalue weighted by atomic mass is 16.5. The zero-order valence-corrected chi connectivity index (χ0v) is 16.8. The Labute approximate surface area is 173 Å². The van der Waals surface area contributed by atoms with Crippen LogP contribution in [0.3, 0.4) is 0 Å². The van der Waals surface area contributed by atoms with Crippen molar-refractivity contribution in [3.05, 3.63) is 59.2 Å². The monoisotopic (exact) mass is 411 g/mol. The van der Waals surface area contributed by atoms with Crippen molar-refractivity contribution in [2.24, 2.45) is 0 Å². The van der Waals surface area contributed by atoms with Gasteiger partial charge in [0.25, 0.3) is 11.8 Å². The Kier molecular flexibility index (Phi) is 6.36. The summed E-state index contributed by atoms with van der Waals surface area (Å²) in [6.07, 6.45) is 2.75. The van der Waals surface area contributed by atoms with Gasteiger partial charge >= 0.3 is 5.97 Å². The zero-order chi connectivity index (χ0) is 21.7. The third-order valence-corrected chi connectivity index (χ3v) is 4.57. The Hall–Kier alpha value is -3.81. The molecule has 1 aliphatic rings. The van der Waals surface area contributed by atoms with E-state index >= 15 is 0 Å². The SMILES string of the molecule is COc1cc(OC)c(OC)cc1/C=C/C(=O)OCCN1C(=O)c2ccccc2C1=O. The van der Waals surface area contributed by atoms with Crippen LogP contribution >= 0.6 is 0 Å². The summed E-state index contributed by atoms with van der Waals surface area (Å²) in [5, 5.41) is 0. The fourth-order valence-electron chi connectivity index (χ4n) is 3.07. The third kappa shape index (κ3) is 4.12. The molecule has 2 amide bonds. The molecule has 0 spiro atoms. The van der Waals surface area contributed by atoms with E-state index in [2.05, 4.69) is 0 Å². The third-order valence-electron chi connectivity index (χ3n) is 4.57. The van der Waals surface area contributed by atoms with Crippen molar-refractivity contribution in [1.29, 1.82) is 0 Å². The van der Waals surface area contributed by atoms with Gasteiger partial charge in [0.2, 0.25) is 0 Å². The molecular weight excluding hydrogens is 390 g/mol. The molecule has 2 aromatic carbocycles. The number of esters is 1. The molecule has 2 aromatic rings. The van der Waals surface area contributed by atoms with E-state index in [1.54, 1.807) is 36.4 Å². The van der Waals surface area contributed by atoms with Crippen molar-refractivity contribution in [2.75, 3.05) is 34.5 Å². The number of methoxy groups -OCH3 is 3. The second kappa shape index (κ2) is 9.13. The van der Waals surface area contributed by atoms with Crippen molar-refractivity contribution >= 4 is 23.9 Å². The normalized spacial score (nSPS) is 12.8. The number of fused-ring (bicyclic) bond motifs is 1. The van der Waals surface area contributed by atoms with Crippen LogP contribution in [0.1, 0.15) is 26.3 Å². The number of imide groups is 1. The smallest absolute Gasteiger partial charge is 0.330 e. The number of hydrogen-bond acceptors (Lipinski definition) is 7. The molecule has 0 aliphatic carbocycles. The first-order chi connectivity index (χ1) is 14.5. The van der Waals surface area contributed by atoms with Gasteiger partial charge in [-0.2, -0.15) is 0 Å². The lowest BCUT2D eigenvalue weighted by Gasteiger charge is -2.13. The van der Waals surface area contributed by atoms with Crippen LogP contribution in [-0.4, -0.2) is 57.2 Å². The van der Waals surface area contributed by atoms with Crippen LogP contribution in [0.5, 0.6) is 17.2 Å². The second-order valence-corrected chi connectivity index (χ2v) is 6.26. The van der Waals surface area contributed by atoms with E-state index in [1.165, 1.54) is 33.5 Å². The standard InChI is InChI=1S/C22H21NO7/c1-27-17-13-19(29-3)18(28-2)12-14(17)8-9-20(24)30-11-10-23-21(25)15-6-4-5-7-16(15)22(23)26/h4-9,12-13H,10-11H2,1-3H3/b9-8+. The first-order valence-electron chi connectivity index (χ1n) is 9.10. The van der Waals surface area contributed by atoms with E-state index in [0.29, 0.717) is 33.9 Å². The maximum atomic E-state index is 12.3. The molecule has 0 saturated carbocycles. The molecule has 3 rings (SSSR count). The second-order valence-electron chi connectivity index (χ2n) is 6.26. The molecule has 8 heteroatoms. The summed E-state index contributed by atoms with van der Waals surface area (Å²) < 4.78 is 20.9. The average Bonchev–Trinajstić information content (AvgIpc) is 3.02. The van der Waals surface area contributed by atoms with Crippen molar-refractivity contribution in [3.8, 4) is 17.2 Å². The van der Waals surface area contributed by atoms with E-state index in [0.717, 1.165) is 4.90 Å². The quantitative estimate of drug-likeness (QED) is 0.375. The first kappa shape index (κ1) is 20.9. The number of carbonyl (C=O) groups is 3. The van der Waals surface area contributed by atoms with E-state index in [9.17, 15) is 14.4 Å². The van der Waals surface area contributed by atoms with E-state index in [-0.39, 0.29) is 13.2 Å². The molecular formula is C22H21NO7. The van der Waals surface area contributed by atoms with Gasteiger partial charge in [0, 0.05) is 17.7 Å². The summed E-state index contributed by atoms with van der Waals surface area (Å²) in [7, 11) is 4.52. The van der Waals surface area contributed by atoms with Gasteiger partial charge in [-0.3, -0.25) is 14.5 Å². The highest BCUT2D eigenvalue weighted by molar-refractivity contribution is 6.21. The topological polar surface area (TPSA) is 91.4 Å². The number of nitrogens with zero attached hydrogens (tertiary/aromatic N) is 1. The Morgan fingerprint density at radius 2 is 1.47 bits per heavy atom. The molecule has 156 valence electrons. The average molecular weight is 411 g/mol. The van der Waals surface area contributed by atoms with E-state index in [4.69, 9.17) is 18.9 Å². The largest absolute Gasteiger partial charge is 0.496 e. The highest BCUT2D eigenvalue weighted by Crippen LogP contribution is 2.35. The number of hydrogen-bond donors (Lipinski definition) is 0. The Morgan fingerprint density at radius 1 is 0.900 bits per heavy atom. The predicted octanol–water partition coefficient (Wildman–Crippen LogP) is 2.57. The molecule has 1 heterocycles. The van der Waals surface area contributed by atoms with Crippen molar-refractivity contribution < 1.29 is 33.3 Å². The molecule has 0 radical (unpaired) electrons. The summed E-state index contributed by atoms with van der Waals surface area (Å²) in [4.78, 5) is 37.7. The molecule has 0 bridgehead atoms. The highest BCUT2D eigenvalue weighted by Gasteiger charge is 2.34. The fourth-order valence-corrected chi connectivity index (χ4v) is 3.07. The van der Waals surface area contributed by atoms with Crippen LogP contribution in [0.15, 0.2) is 42.5 Å². The summed E-state index contributed by atoms with van der Waals surface area (Å²) in [6, 6.07) is 9.90. The zero-order valence-electron chi connectivity index (χ0n) is 16.8. The maximum absolute atomic E-state index is 12.3. The van der Waals surface area contributed by atoms with Crippen molar-refractivity contribution in [3.63, 3.8) is 0 Å². The fraction of sp³-hybridized carbons (Fsp3) is 0.227. The van der Waals surface area contributed by atoms with Gasteiger partial charge in [-0.25, -0.2) is 4.79 Å². The van der Waals surface area contributed by atoms with Gasteiger partial charge in [0.1, 0.15) is 12.4 Å². The van der Waals surface area contributed by atoms with Crippen LogP contribution in [0.2, 0.25) is 0 Å². The van der Waals surface area contributed by atoms with E-state index in [1.807, 2.05) is 0 Å². The Bertz CT molecular complexity index is 978. The molecule has 30 heavy (non-hydrogen) atoms. The number of rotatable bonds is 8. The summed E-state index contributed by atoms with van der Waals surface area (Å²) >= 11 is 0. The van der Waals surface area contributed by atoms with Gasteiger partial charge in [0.15, 0.2) is 11.5 Å². The van der Waals surface area contributed by atoms with Crippen LogP contribution in [0.4, 0.5) is 0 Å². The minimum atomic E-state index is -0.622. The predicted molar refractivity (Wildman–Crippen MR) is 108 cm³/mol. The summed E-state index contributed by atoms with van der Waals surface area (Å²) in [5.41, 5.74) is 1.30. The van der Waals surface area contributed by atoms with Crippen molar-refractivity contribution in [1.82, 2.24) is 4.90 Å². The number of ether oxygens (including phenoxy) is 4.